The second-order valence-corrected chi connectivity index (χ2v) is 15.3. The van der Waals surface area contributed by atoms with Crippen LogP contribution >= 0.6 is 0 Å². The molecule has 0 radical (unpaired) electrons. The van der Waals surface area contributed by atoms with Gasteiger partial charge in [0.05, 0.1) is 0 Å². The summed E-state index contributed by atoms with van der Waals surface area (Å²) in [7, 11) is 0. The minimum Gasteiger partial charge on any atom is -0.456 e. The van der Waals surface area contributed by atoms with Gasteiger partial charge >= 0.3 is 0 Å². The van der Waals surface area contributed by atoms with Gasteiger partial charge < -0.3 is 9.32 Å². The molecule has 1 aromatic heterocycles. The molecule has 60 heavy (non-hydrogen) atoms. The summed E-state index contributed by atoms with van der Waals surface area (Å²) >= 11 is 0. The second kappa shape index (κ2) is 15.1. The zero-order valence-electron chi connectivity index (χ0n) is 32.9. The van der Waals surface area contributed by atoms with Gasteiger partial charge in [-0.3, -0.25) is 0 Å². The number of hydrogen-bond donors (Lipinski definition) is 0. The first-order valence-electron chi connectivity index (χ1n) is 20.5. The van der Waals surface area contributed by atoms with E-state index >= 15 is 0 Å². The number of fused-ring (bicyclic) bond motifs is 5. The second-order valence-electron chi connectivity index (χ2n) is 15.3. The van der Waals surface area contributed by atoms with Crippen LogP contribution in [0.4, 0.5) is 17.1 Å². The molecule has 0 N–H and O–H groups in total. The number of hydrogen-bond acceptors (Lipinski definition) is 2. The SMILES string of the molecule is c1ccc(-c2ccc(-c3ccc(N(c4ccc(-c5ccc(-c6ccccc6)cc5)cc4)c4ccc(-c5ccc6c(c5)oc5ccc7ccccc7c56)cc4)cc3)cc2)cc1. The lowest BCUT2D eigenvalue weighted by atomic mass is 9.99. The Morgan fingerprint density at radius 1 is 0.250 bits per heavy atom. The third kappa shape index (κ3) is 6.61. The first kappa shape index (κ1) is 35.2. The smallest absolute Gasteiger partial charge is 0.136 e. The Morgan fingerprint density at radius 3 is 1.08 bits per heavy atom. The van der Waals surface area contributed by atoms with Crippen LogP contribution in [0, 0.1) is 0 Å². The predicted octanol–water partition coefficient (Wildman–Crippen LogP) is 16.5. The fraction of sp³-hybridized carbons (Fsp3) is 0. The molecule has 10 aromatic carbocycles. The van der Waals surface area contributed by atoms with E-state index < -0.39 is 0 Å². The standard InChI is InChI=1S/C58H39NO/c1-3-9-40(10-4-1)42-15-19-44(20-16-42)46-23-31-51(32-24-46)59(52-33-25-47(26-34-52)45-21-17-43(18-22-45)41-11-5-2-6-12-41)53-35-27-48(28-36-53)50-29-37-55-57(39-50)60-56-38-30-49-13-7-8-14-54(49)58(55)56/h1-39H. The number of anilines is 3. The van der Waals surface area contributed by atoms with Gasteiger partial charge in [-0.1, -0.05) is 182 Å². The van der Waals surface area contributed by atoms with Gasteiger partial charge in [0.25, 0.3) is 0 Å². The lowest BCUT2D eigenvalue weighted by molar-refractivity contribution is 0.669. The molecule has 0 atom stereocenters. The van der Waals surface area contributed by atoms with Crippen LogP contribution in [0.2, 0.25) is 0 Å². The summed E-state index contributed by atoms with van der Waals surface area (Å²) in [6, 6.07) is 84.7. The fourth-order valence-electron chi connectivity index (χ4n) is 8.55. The minimum absolute atomic E-state index is 0.897. The molecule has 0 saturated carbocycles. The summed E-state index contributed by atoms with van der Waals surface area (Å²) in [6.07, 6.45) is 0. The predicted molar refractivity (Wildman–Crippen MR) is 253 cm³/mol. The van der Waals surface area contributed by atoms with Crippen LogP contribution in [0.5, 0.6) is 0 Å². The highest BCUT2D eigenvalue weighted by molar-refractivity contribution is 6.19. The molecule has 0 aliphatic heterocycles. The van der Waals surface area contributed by atoms with Crippen molar-refractivity contribution in [2.75, 3.05) is 4.90 Å². The van der Waals surface area contributed by atoms with Gasteiger partial charge in [-0.15, -0.1) is 0 Å². The Balaban J connectivity index is 0.924. The van der Waals surface area contributed by atoms with E-state index in [2.05, 4.69) is 241 Å². The van der Waals surface area contributed by atoms with E-state index in [-0.39, 0.29) is 0 Å². The zero-order chi connectivity index (χ0) is 39.8. The maximum atomic E-state index is 6.43. The van der Waals surface area contributed by atoms with E-state index in [1.807, 2.05) is 0 Å². The summed E-state index contributed by atoms with van der Waals surface area (Å²) in [4.78, 5) is 2.34. The lowest BCUT2D eigenvalue weighted by Crippen LogP contribution is -2.09. The van der Waals surface area contributed by atoms with Crippen molar-refractivity contribution in [1.82, 2.24) is 0 Å². The summed E-state index contributed by atoms with van der Waals surface area (Å²) in [5.41, 5.74) is 16.9. The van der Waals surface area contributed by atoms with Crippen LogP contribution < -0.4 is 4.90 Å². The van der Waals surface area contributed by atoms with Crippen molar-refractivity contribution >= 4 is 49.8 Å². The van der Waals surface area contributed by atoms with Crippen LogP contribution in [0.25, 0.3) is 88.3 Å². The van der Waals surface area contributed by atoms with Crippen LogP contribution in [0.3, 0.4) is 0 Å². The number of benzene rings is 10. The van der Waals surface area contributed by atoms with Crippen LogP contribution in [0.15, 0.2) is 241 Å². The molecule has 0 fully saturated rings. The van der Waals surface area contributed by atoms with Crippen molar-refractivity contribution < 1.29 is 4.42 Å². The number of furan rings is 1. The van der Waals surface area contributed by atoms with Gasteiger partial charge in [0.1, 0.15) is 11.2 Å². The molecule has 0 spiro atoms. The zero-order valence-corrected chi connectivity index (χ0v) is 32.9. The van der Waals surface area contributed by atoms with Crippen molar-refractivity contribution in [3.8, 4) is 55.6 Å². The van der Waals surface area contributed by atoms with Gasteiger partial charge in [-0.25, -0.2) is 0 Å². The lowest BCUT2D eigenvalue weighted by Gasteiger charge is -2.26. The molecule has 0 aliphatic carbocycles. The van der Waals surface area contributed by atoms with Gasteiger partial charge in [-0.05, 0) is 121 Å². The van der Waals surface area contributed by atoms with E-state index in [0.717, 1.165) is 44.7 Å². The molecule has 0 amide bonds. The summed E-state index contributed by atoms with van der Waals surface area (Å²) < 4.78 is 6.43. The van der Waals surface area contributed by atoms with E-state index in [1.54, 1.807) is 0 Å². The van der Waals surface area contributed by atoms with Crippen LogP contribution in [0.1, 0.15) is 0 Å². The molecule has 11 rings (SSSR count). The van der Waals surface area contributed by atoms with E-state index in [4.69, 9.17) is 4.42 Å². The monoisotopic (exact) mass is 765 g/mol. The Kier molecular flexibility index (Phi) is 8.87. The van der Waals surface area contributed by atoms with Crippen molar-refractivity contribution in [3.63, 3.8) is 0 Å². The molecule has 1 heterocycles. The third-order valence-electron chi connectivity index (χ3n) is 11.7. The van der Waals surface area contributed by atoms with Crippen molar-refractivity contribution in [3.05, 3.63) is 237 Å². The molecular formula is C58H39NO. The normalized spacial score (nSPS) is 11.3. The molecule has 2 nitrogen and oxygen atoms in total. The molecule has 0 bridgehead atoms. The summed E-state index contributed by atoms with van der Waals surface area (Å²) in [5.74, 6) is 0. The van der Waals surface area contributed by atoms with Gasteiger partial charge in [0.15, 0.2) is 0 Å². The summed E-state index contributed by atoms with van der Waals surface area (Å²) in [5, 5.41) is 4.75. The first-order valence-corrected chi connectivity index (χ1v) is 20.5. The van der Waals surface area contributed by atoms with E-state index in [0.29, 0.717) is 0 Å². The van der Waals surface area contributed by atoms with Crippen molar-refractivity contribution in [1.29, 1.82) is 0 Å². The highest BCUT2D eigenvalue weighted by Crippen LogP contribution is 2.40. The molecule has 11 aromatic rings. The maximum absolute atomic E-state index is 6.43. The maximum Gasteiger partial charge on any atom is 0.136 e. The van der Waals surface area contributed by atoms with Crippen molar-refractivity contribution in [2.24, 2.45) is 0 Å². The number of nitrogens with zero attached hydrogens (tertiary/aromatic N) is 1. The quantitative estimate of drug-likeness (QED) is 0.153. The molecule has 0 unspecified atom stereocenters. The Hall–Kier alpha value is -7.94. The van der Waals surface area contributed by atoms with Gasteiger partial charge in [0, 0.05) is 27.8 Å². The molecule has 0 aliphatic rings. The van der Waals surface area contributed by atoms with Crippen LogP contribution in [-0.4, -0.2) is 0 Å². The molecule has 2 heteroatoms. The first-order chi connectivity index (χ1) is 29.7. The largest absolute Gasteiger partial charge is 0.456 e. The Bertz CT molecular complexity index is 3110. The van der Waals surface area contributed by atoms with E-state index in [1.165, 1.54) is 60.7 Å². The average Bonchev–Trinajstić information content (AvgIpc) is 3.72. The van der Waals surface area contributed by atoms with E-state index in [9.17, 15) is 0 Å². The fourth-order valence-corrected chi connectivity index (χ4v) is 8.55. The molecular weight excluding hydrogens is 727 g/mol. The molecule has 282 valence electrons. The topological polar surface area (TPSA) is 16.4 Å². The molecule has 0 saturated heterocycles. The third-order valence-corrected chi connectivity index (χ3v) is 11.7. The minimum atomic E-state index is 0.897. The highest BCUT2D eigenvalue weighted by Gasteiger charge is 2.16. The van der Waals surface area contributed by atoms with Gasteiger partial charge in [0.2, 0.25) is 0 Å². The van der Waals surface area contributed by atoms with Gasteiger partial charge in [-0.2, -0.15) is 0 Å². The van der Waals surface area contributed by atoms with Crippen LogP contribution in [-0.2, 0) is 0 Å². The summed E-state index contributed by atoms with van der Waals surface area (Å²) in [6.45, 7) is 0. The number of rotatable bonds is 8. The Labute approximate surface area is 349 Å². The average molecular weight is 766 g/mol. The van der Waals surface area contributed by atoms with Crippen molar-refractivity contribution in [2.45, 2.75) is 0 Å². The Morgan fingerprint density at radius 2 is 0.617 bits per heavy atom. The highest BCUT2D eigenvalue weighted by atomic mass is 16.3.